The quantitative estimate of drug-likeness (QED) is 0.110. The number of alkyl halides is 1. The number of Topliss-reactive ketones (excluding diaryl/α,β-unsaturated/α-hetero) is 1. The molecule has 12 nitrogen and oxygen atoms in total. The molecule has 1 saturated heterocycles. The third kappa shape index (κ3) is 14.7. The van der Waals surface area contributed by atoms with Crippen molar-refractivity contribution < 1.29 is 33.8 Å². The number of rotatable bonds is 21. The molecule has 0 bridgehead atoms. The maximum Gasteiger partial charge on any atom is 0.245 e. The van der Waals surface area contributed by atoms with Gasteiger partial charge in [-0.1, -0.05) is 111 Å². The van der Waals surface area contributed by atoms with Crippen molar-refractivity contribution in [3.63, 3.8) is 0 Å². The molecule has 298 valence electrons. The lowest BCUT2D eigenvalue weighted by atomic mass is 9.91. The highest BCUT2D eigenvalue weighted by atomic mass is 127. The maximum atomic E-state index is 14.3. The summed E-state index contributed by atoms with van der Waals surface area (Å²) in [5, 5.41) is 19.5. The molecule has 0 radical (unpaired) electrons. The Balaban J connectivity index is 1.88. The van der Waals surface area contributed by atoms with Gasteiger partial charge in [-0.25, -0.2) is 0 Å². The number of benzene rings is 2. The summed E-state index contributed by atoms with van der Waals surface area (Å²) in [7, 11) is 1.56. The number of ether oxygens (including phenoxy) is 1. The van der Waals surface area contributed by atoms with E-state index in [-0.39, 0.29) is 35.1 Å². The predicted molar refractivity (Wildman–Crippen MR) is 218 cm³/mol. The van der Waals surface area contributed by atoms with Gasteiger partial charge >= 0.3 is 0 Å². The second kappa shape index (κ2) is 22.2. The van der Waals surface area contributed by atoms with Crippen LogP contribution < -0.4 is 16.0 Å². The van der Waals surface area contributed by atoms with Gasteiger partial charge < -0.3 is 30.7 Å². The number of carbonyl (C=O) groups is 5. The van der Waals surface area contributed by atoms with Crippen LogP contribution in [0.25, 0.3) is 0 Å². The van der Waals surface area contributed by atoms with Crippen molar-refractivity contribution in [2.24, 2.45) is 11.8 Å². The van der Waals surface area contributed by atoms with E-state index >= 15 is 0 Å². The lowest BCUT2D eigenvalue weighted by molar-refractivity contribution is -0.143. The van der Waals surface area contributed by atoms with Gasteiger partial charge in [0, 0.05) is 31.0 Å². The molecule has 2 aromatic rings. The molecule has 1 aliphatic rings. The first-order valence-electron chi connectivity index (χ1n) is 19.0. The summed E-state index contributed by atoms with van der Waals surface area (Å²) in [5.41, 5.74) is 0.157. The van der Waals surface area contributed by atoms with Crippen molar-refractivity contribution in [2.45, 2.75) is 96.5 Å². The molecule has 0 aliphatic carbocycles. The summed E-state index contributed by atoms with van der Waals surface area (Å²) < 4.78 is 5.56. The maximum absolute atomic E-state index is 14.3. The second-order valence-corrected chi connectivity index (χ2v) is 16.1. The molecular formula is C41H60IN5O7. The first-order valence-corrected chi connectivity index (χ1v) is 20.5. The summed E-state index contributed by atoms with van der Waals surface area (Å²) in [6.07, 6.45) is 1.59. The first kappa shape index (κ1) is 45.0. The lowest BCUT2D eigenvalue weighted by Crippen LogP contribution is -2.60. The summed E-state index contributed by atoms with van der Waals surface area (Å²) >= 11 is 1.95. The van der Waals surface area contributed by atoms with Crippen LogP contribution >= 0.6 is 22.6 Å². The van der Waals surface area contributed by atoms with Crippen molar-refractivity contribution in [1.82, 2.24) is 25.8 Å². The van der Waals surface area contributed by atoms with E-state index in [2.05, 4.69) is 16.0 Å². The summed E-state index contributed by atoms with van der Waals surface area (Å²) in [6, 6.07) is 15.0. The fourth-order valence-electron chi connectivity index (χ4n) is 6.45. The standard InChI is InChI=1S/C41H60IN5O7/c1-28(2)23-33(37(49)41(5,53)27-42)44-38(50)34(25-31-15-11-8-12-16-31)45-39(51)35(24-29(3)4)46(6)40(52)32(18-17-30-13-9-7-10-14-30)43-36(48)26-47-19-21-54-22-20-47/h7-16,28-29,32-35,53H,17-27H2,1-6H3,(H,43,48)(H,44,50)(H,45,51)/t32?,33-,34?,35?,41+/m0/s1. The zero-order chi connectivity index (χ0) is 39.8. The number of hydrogen-bond acceptors (Lipinski definition) is 8. The van der Waals surface area contributed by atoms with Gasteiger partial charge in [0.15, 0.2) is 5.78 Å². The number of hydrogen-bond donors (Lipinski definition) is 4. The molecular weight excluding hydrogens is 801 g/mol. The van der Waals surface area contributed by atoms with E-state index < -0.39 is 53.3 Å². The molecule has 0 spiro atoms. The minimum Gasteiger partial charge on any atom is -0.381 e. The van der Waals surface area contributed by atoms with E-state index in [1.54, 1.807) is 7.05 Å². The van der Waals surface area contributed by atoms with Crippen LogP contribution in [0.2, 0.25) is 0 Å². The third-order valence-electron chi connectivity index (χ3n) is 9.53. The number of halogens is 1. The smallest absolute Gasteiger partial charge is 0.245 e. The van der Waals surface area contributed by atoms with Gasteiger partial charge in [0.1, 0.15) is 23.7 Å². The number of nitrogens with one attached hydrogen (secondary N) is 3. The number of morpholine rings is 1. The van der Waals surface area contributed by atoms with Gasteiger partial charge in [0.2, 0.25) is 23.6 Å². The summed E-state index contributed by atoms with van der Waals surface area (Å²) in [5.74, 6) is -2.25. The molecule has 0 saturated carbocycles. The highest BCUT2D eigenvalue weighted by Crippen LogP contribution is 2.19. The molecule has 3 rings (SSSR count). The minimum atomic E-state index is -1.65. The van der Waals surface area contributed by atoms with E-state index in [0.717, 1.165) is 11.1 Å². The predicted octanol–water partition coefficient (Wildman–Crippen LogP) is 3.32. The number of nitrogens with zero attached hydrogens (tertiary/aromatic N) is 2. The molecule has 4 amide bonds. The number of carbonyl (C=O) groups excluding carboxylic acids is 5. The molecule has 5 atom stereocenters. The minimum absolute atomic E-state index is 0.000340. The summed E-state index contributed by atoms with van der Waals surface area (Å²) in [4.78, 5) is 72.8. The van der Waals surface area contributed by atoms with Crippen LogP contribution in [-0.4, -0.2) is 118 Å². The Morgan fingerprint density at radius 3 is 1.93 bits per heavy atom. The van der Waals surface area contributed by atoms with Gasteiger partial charge in [-0.05, 0) is 55.6 Å². The zero-order valence-electron chi connectivity index (χ0n) is 32.7. The van der Waals surface area contributed by atoms with Gasteiger partial charge in [0.25, 0.3) is 0 Å². The number of aliphatic hydroxyl groups is 1. The van der Waals surface area contributed by atoms with Crippen molar-refractivity contribution >= 4 is 52.0 Å². The van der Waals surface area contributed by atoms with Gasteiger partial charge in [0.05, 0.1) is 25.8 Å². The monoisotopic (exact) mass is 861 g/mol. The van der Waals surface area contributed by atoms with Crippen LogP contribution in [0.1, 0.15) is 65.0 Å². The van der Waals surface area contributed by atoms with Gasteiger partial charge in [-0.3, -0.25) is 28.9 Å². The Labute approximate surface area is 334 Å². The fraction of sp³-hybridized carbons (Fsp3) is 0.585. The van der Waals surface area contributed by atoms with Crippen LogP contribution in [0.5, 0.6) is 0 Å². The molecule has 1 aliphatic heterocycles. The molecule has 1 heterocycles. The molecule has 3 unspecified atom stereocenters. The number of ketones is 1. The Kier molecular flexibility index (Phi) is 18.5. The molecule has 13 heteroatoms. The number of amides is 4. The van der Waals surface area contributed by atoms with E-state index in [9.17, 15) is 29.1 Å². The normalized spacial score (nSPS) is 16.8. The Bertz CT molecular complexity index is 1500. The van der Waals surface area contributed by atoms with E-state index in [4.69, 9.17) is 4.74 Å². The molecule has 2 aromatic carbocycles. The molecule has 1 fully saturated rings. The molecule has 4 N–H and O–H groups in total. The van der Waals surface area contributed by atoms with E-state index in [1.807, 2.05) is 116 Å². The average Bonchev–Trinajstić information content (AvgIpc) is 3.14. The van der Waals surface area contributed by atoms with Crippen molar-refractivity contribution in [3.05, 3.63) is 71.8 Å². The first-order chi connectivity index (χ1) is 25.6. The van der Waals surface area contributed by atoms with E-state index in [0.29, 0.717) is 52.0 Å². The van der Waals surface area contributed by atoms with Crippen LogP contribution in [0.3, 0.4) is 0 Å². The Morgan fingerprint density at radius 1 is 0.815 bits per heavy atom. The third-order valence-corrected chi connectivity index (χ3v) is 11.0. The number of aryl methyl sites for hydroxylation is 1. The Morgan fingerprint density at radius 2 is 1.37 bits per heavy atom. The largest absolute Gasteiger partial charge is 0.381 e. The SMILES string of the molecule is CC(C)CC(C(=O)NC(Cc1ccccc1)C(=O)N[C@@H](CC(C)C)C(=O)[C@](C)(O)CI)N(C)C(=O)C(CCc1ccccc1)NC(=O)CN1CCOCC1. The second-order valence-electron chi connectivity index (χ2n) is 15.3. The van der Waals surface area contributed by atoms with E-state index in [1.165, 1.54) is 11.8 Å². The van der Waals surface area contributed by atoms with Crippen LogP contribution in [0.4, 0.5) is 0 Å². The van der Waals surface area contributed by atoms with Gasteiger partial charge in [-0.15, -0.1) is 0 Å². The average molecular weight is 862 g/mol. The topological polar surface area (TPSA) is 157 Å². The van der Waals surface area contributed by atoms with Crippen LogP contribution in [0, 0.1) is 11.8 Å². The molecule has 0 aromatic heterocycles. The van der Waals surface area contributed by atoms with Crippen molar-refractivity contribution in [1.29, 1.82) is 0 Å². The van der Waals surface area contributed by atoms with Crippen LogP contribution in [-0.2, 0) is 41.6 Å². The molecule has 54 heavy (non-hydrogen) atoms. The van der Waals surface area contributed by atoms with Crippen molar-refractivity contribution in [3.8, 4) is 0 Å². The van der Waals surface area contributed by atoms with Crippen LogP contribution in [0.15, 0.2) is 60.7 Å². The summed E-state index contributed by atoms with van der Waals surface area (Å²) in [6.45, 7) is 11.6. The number of likely N-dealkylation sites (N-methyl/N-ethyl adjacent to an activating group) is 1. The lowest BCUT2D eigenvalue weighted by Gasteiger charge is -2.34. The highest BCUT2D eigenvalue weighted by molar-refractivity contribution is 14.1. The Hall–Kier alpha value is -3.40. The fourth-order valence-corrected chi connectivity index (χ4v) is 6.82. The zero-order valence-corrected chi connectivity index (χ0v) is 34.8. The highest BCUT2D eigenvalue weighted by Gasteiger charge is 2.39. The van der Waals surface area contributed by atoms with Gasteiger partial charge in [-0.2, -0.15) is 0 Å². The van der Waals surface area contributed by atoms with Crippen molar-refractivity contribution in [2.75, 3.05) is 44.3 Å².